The second kappa shape index (κ2) is 8.27. The van der Waals surface area contributed by atoms with E-state index < -0.39 is 11.8 Å². The Labute approximate surface area is 184 Å². The van der Waals surface area contributed by atoms with E-state index in [4.69, 9.17) is 52.1 Å². The second-order valence-corrected chi connectivity index (χ2v) is 8.33. The minimum absolute atomic E-state index is 0.0546. The van der Waals surface area contributed by atoms with E-state index in [0.717, 1.165) is 10.4 Å². The van der Waals surface area contributed by atoms with Gasteiger partial charge >= 0.3 is 0 Å². The number of aromatic nitrogens is 1. The van der Waals surface area contributed by atoms with Crippen LogP contribution in [0.15, 0.2) is 30.3 Å². The number of hydrogen-bond donors (Lipinski definition) is 2. The average Bonchev–Trinajstić information content (AvgIpc) is 2.99. The van der Waals surface area contributed by atoms with Crippen LogP contribution in [-0.2, 0) is 0 Å². The summed E-state index contributed by atoms with van der Waals surface area (Å²) in [5.74, 6) is -1.38. The van der Waals surface area contributed by atoms with Gasteiger partial charge in [-0.05, 0) is 12.5 Å². The average molecular weight is 475 g/mol. The molecule has 28 heavy (non-hydrogen) atoms. The maximum absolute atomic E-state index is 12.7. The summed E-state index contributed by atoms with van der Waals surface area (Å²) in [6, 6.07) is 9.25. The quantitative estimate of drug-likeness (QED) is 0.449. The van der Waals surface area contributed by atoms with Crippen LogP contribution < -0.4 is 11.1 Å². The number of carbonyl (C=O) groups is 2. The van der Waals surface area contributed by atoms with E-state index in [2.05, 4.69) is 10.3 Å². The lowest BCUT2D eigenvalue weighted by Crippen LogP contribution is -2.18. The first-order chi connectivity index (χ1) is 13.2. The molecule has 0 radical (unpaired) electrons. The molecule has 0 atom stereocenters. The zero-order chi connectivity index (χ0) is 20.6. The minimum Gasteiger partial charge on any atom is -0.365 e. The van der Waals surface area contributed by atoms with E-state index in [1.807, 2.05) is 37.3 Å². The van der Waals surface area contributed by atoms with Crippen molar-refractivity contribution in [2.45, 2.75) is 6.92 Å². The number of anilines is 1. The molecule has 0 fully saturated rings. The summed E-state index contributed by atoms with van der Waals surface area (Å²) in [5.41, 5.74) is 7.03. The van der Waals surface area contributed by atoms with Crippen LogP contribution in [0, 0.1) is 6.92 Å². The Hall–Kier alpha value is -1.83. The van der Waals surface area contributed by atoms with Gasteiger partial charge in [0.05, 0.1) is 20.6 Å². The number of rotatable bonds is 4. The van der Waals surface area contributed by atoms with Gasteiger partial charge in [0.1, 0.15) is 10.2 Å². The molecule has 0 bridgehead atoms. The summed E-state index contributed by atoms with van der Waals surface area (Å²) in [4.78, 5) is 29.6. The molecule has 3 aromatic rings. The maximum Gasteiger partial charge on any atom is 0.276 e. The molecule has 5 nitrogen and oxygen atoms in total. The van der Waals surface area contributed by atoms with E-state index in [-0.39, 0.29) is 36.5 Å². The number of nitrogens with zero attached hydrogens (tertiary/aromatic N) is 1. The number of nitrogens with two attached hydrogens (primary N) is 1. The molecule has 3 N–H and O–H groups in total. The Morgan fingerprint density at radius 2 is 1.68 bits per heavy atom. The largest absolute Gasteiger partial charge is 0.365 e. The molecule has 0 aliphatic carbocycles. The van der Waals surface area contributed by atoms with Crippen molar-refractivity contribution in [3.05, 3.63) is 66.7 Å². The Bertz CT molecular complexity index is 1100. The van der Waals surface area contributed by atoms with Crippen LogP contribution >= 0.6 is 57.7 Å². The number of pyridine rings is 1. The first kappa shape index (κ1) is 20.9. The number of halogens is 4. The van der Waals surface area contributed by atoms with Gasteiger partial charge in [0.15, 0.2) is 5.69 Å². The van der Waals surface area contributed by atoms with E-state index in [1.54, 1.807) is 0 Å². The van der Waals surface area contributed by atoms with E-state index in [1.165, 1.54) is 11.3 Å². The lowest BCUT2D eigenvalue weighted by atomic mass is 10.0. The van der Waals surface area contributed by atoms with Crippen LogP contribution in [0.1, 0.15) is 25.7 Å². The van der Waals surface area contributed by atoms with Crippen molar-refractivity contribution in [1.82, 2.24) is 4.98 Å². The Morgan fingerprint density at radius 3 is 2.29 bits per heavy atom. The van der Waals surface area contributed by atoms with Gasteiger partial charge in [0, 0.05) is 10.4 Å². The molecule has 10 heteroatoms. The number of carbonyl (C=O) groups excluding carboxylic acids is 2. The highest BCUT2D eigenvalue weighted by atomic mass is 35.5. The predicted molar refractivity (Wildman–Crippen MR) is 115 cm³/mol. The molecule has 0 aliphatic rings. The molecular formula is C18H11Cl4N3O2S. The monoisotopic (exact) mass is 473 g/mol. The SMILES string of the molecule is Cc1sc(NC(=O)c2nc(Cl)c(Cl)c(Cl)c2Cl)c(C(N)=O)c1-c1ccccc1. The van der Waals surface area contributed by atoms with Crippen LogP contribution in [0.25, 0.3) is 11.1 Å². The van der Waals surface area contributed by atoms with Crippen LogP contribution in [0.2, 0.25) is 20.2 Å². The number of hydrogen-bond acceptors (Lipinski definition) is 4. The van der Waals surface area contributed by atoms with Crippen molar-refractivity contribution in [2.75, 3.05) is 5.32 Å². The lowest BCUT2D eigenvalue weighted by molar-refractivity contribution is 0.100. The molecule has 1 aromatic carbocycles. The third-order valence-electron chi connectivity index (χ3n) is 3.82. The molecule has 2 heterocycles. The van der Waals surface area contributed by atoms with Crippen LogP contribution in [0.5, 0.6) is 0 Å². The lowest BCUT2D eigenvalue weighted by Gasteiger charge is -2.09. The summed E-state index contributed by atoms with van der Waals surface area (Å²) >= 11 is 25.0. The first-order valence-electron chi connectivity index (χ1n) is 7.72. The molecule has 0 saturated carbocycles. The molecule has 2 amide bonds. The second-order valence-electron chi connectivity index (χ2n) is 5.61. The number of benzene rings is 1. The Balaban J connectivity index is 2.07. The highest BCUT2D eigenvalue weighted by Crippen LogP contribution is 2.41. The van der Waals surface area contributed by atoms with Gasteiger partial charge in [-0.3, -0.25) is 9.59 Å². The Morgan fingerprint density at radius 1 is 1.04 bits per heavy atom. The van der Waals surface area contributed by atoms with Gasteiger partial charge in [0.2, 0.25) is 0 Å². The van der Waals surface area contributed by atoms with Crippen molar-refractivity contribution in [2.24, 2.45) is 5.73 Å². The van der Waals surface area contributed by atoms with Crippen molar-refractivity contribution in [3.8, 4) is 11.1 Å². The van der Waals surface area contributed by atoms with Crippen LogP contribution in [0.3, 0.4) is 0 Å². The van der Waals surface area contributed by atoms with Crippen LogP contribution in [0.4, 0.5) is 5.00 Å². The number of amides is 2. The normalized spacial score (nSPS) is 10.8. The fourth-order valence-corrected chi connectivity index (χ4v) is 4.51. The maximum atomic E-state index is 12.7. The van der Waals surface area contributed by atoms with Gasteiger partial charge in [0.25, 0.3) is 11.8 Å². The van der Waals surface area contributed by atoms with Gasteiger partial charge in [-0.2, -0.15) is 0 Å². The van der Waals surface area contributed by atoms with E-state index in [0.29, 0.717) is 5.56 Å². The van der Waals surface area contributed by atoms with Crippen molar-refractivity contribution in [3.63, 3.8) is 0 Å². The highest BCUT2D eigenvalue weighted by molar-refractivity contribution is 7.17. The van der Waals surface area contributed by atoms with Crippen molar-refractivity contribution in [1.29, 1.82) is 0 Å². The smallest absolute Gasteiger partial charge is 0.276 e. The van der Waals surface area contributed by atoms with Gasteiger partial charge in [-0.1, -0.05) is 76.7 Å². The molecule has 3 rings (SSSR count). The number of aryl methyl sites for hydroxylation is 1. The summed E-state index contributed by atoms with van der Waals surface area (Å²) in [6.07, 6.45) is 0. The minimum atomic E-state index is -0.700. The summed E-state index contributed by atoms with van der Waals surface area (Å²) < 4.78 is 0. The molecule has 0 unspecified atom stereocenters. The summed E-state index contributed by atoms with van der Waals surface area (Å²) in [5, 5.41) is 2.45. The molecular weight excluding hydrogens is 464 g/mol. The fourth-order valence-electron chi connectivity index (χ4n) is 2.62. The van der Waals surface area contributed by atoms with E-state index >= 15 is 0 Å². The predicted octanol–water partition coefficient (Wildman–Crippen LogP) is 6.08. The number of nitrogens with one attached hydrogen (secondary N) is 1. The highest BCUT2D eigenvalue weighted by Gasteiger charge is 2.25. The fraction of sp³-hybridized carbons (Fsp3) is 0.0556. The van der Waals surface area contributed by atoms with Gasteiger partial charge < -0.3 is 11.1 Å². The molecule has 0 aliphatic heterocycles. The topological polar surface area (TPSA) is 85.1 Å². The molecule has 144 valence electrons. The van der Waals surface area contributed by atoms with Gasteiger partial charge in [-0.15, -0.1) is 11.3 Å². The molecule has 0 saturated heterocycles. The molecule has 0 spiro atoms. The van der Waals surface area contributed by atoms with Gasteiger partial charge in [-0.25, -0.2) is 4.98 Å². The van der Waals surface area contributed by atoms with Crippen molar-refractivity contribution >= 4 is 74.6 Å². The zero-order valence-corrected chi connectivity index (χ0v) is 18.0. The summed E-state index contributed by atoms with van der Waals surface area (Å²) in [6.45, 7) is 1.83. The Kier molecular flexibility index (Phi) is 6.17. The standard InChI is InChI=1S/C18H11Cl4N3O2S/c1-7-9(8-5-3-2-4-6-8)10(16(23)26)18(28-7)25-17(27)14-12(20)11(19)13(21)15(22)24-14/h2-6H,1H3,(H2,23,26)(H,25,27). The van der Waals surface area contributed by atoms with E-state index in [9.17, 15) is 9.59 Å². The third kappa shape index (κ3) is 3.83. The van der Waals surface area contributed by atoms with Crippen molar-refractivity contribution < 1.29 is 9.59 Å². The third-order valence-corrected chi connectivity index (χ3v) is 6.52. The number of primary amides is 1. The first-order valence-corrected chi connectivity index (χ1v) is 10.0. The summed E-state index contributed by atoms with van der Waals surface area (Å²) in [7, 11) is 0. The van der Waals surface area contributed by atoms with Crippen LogP contribution in [-0.4, -0.2) is 16.8 Å². The number of thiophene rings is 1. The zero-order valence-electron chi connectivity index (χ0n) is 14.1. The molecule has 2 aromatic heterocycles.